The van der Waals surface area contributed by atoms with Crippen LogP contribution in [-0.2, 0) is 9.47 Å². The summed E-state index contributed by atoms with van der Waals surface area (Å²) in [5, 5.41) is 13.9. The molecule has 0 radical (unpaired) electrons. The number of carboxylic acid groups (broad SMARTS) is 1. The average molecular weight is 265 g/mol. The average Bonchev–Trinajstić information content (AvgIpc) is 2.46. The van der Waals surface area contributed by atoms with Gasteiger partial charge in [0.1, 0.15) is 6.79 Å². The molecule has 0 bridgehead atoms. The summed E-state index contributed by atoms with van der Waals surface area (Å²) in [7, 11) is 1.38. The number of ether oxygens (including phenoxy) is 2. The molecule has 1 aromatic rings. The lowest BCUT2D eigenvalue weighted by atomic mass is 9.99. The maximum Gasteiger partial charge on any atom is 0.427 e. The largest absolute Gasteiger partial charge is 0.464 e. The van der Waals surface area contributed by atoms with Gasteiger partial charge in [-0.25, -0.2) is 9.80 Å². The number of nitrogens with zero attached hydrogens (tertiary/aromatic N) is 3. The molecule has 7 heteroatoms. The third kappa shape index (κ3) is 3.49. The number of carbonyl (C=O) groups is 1. The van der Waals surface area contributed by atoms with Gasteiger partial charge < -0.3 is 14.6 Å². The van der Waals surface area contributed by atoms with Gasteiger partial charge in [-0.2, -0.15) is 5.10 Å². The Morgan fingerprint density at radius 1 is 1.53 bits per heavy atom. The Balaban J connectivity index is 2.30. The number of hydrazone groups is 1. The van der Waals surface area contributed by atoms with Crippen molar-refractivity contribution in [1.29, 1.82) is 0 Å². The van der Waals surface area contributed by atoms with Gasteiger partial charge in [0.2, 0.25) is 0 Å². The van der Waals surface area contributed by atoms with Crippen LogP contribution in [0.15, 0.2) is 29.6 Å². The van der Waals surface area contributed by atoms with Gasteiger partial charge in [0, 0.05) is 25.0 Å². The highest BCUT2D eigenvalue weighted by Gasteiger charge is 2.23. The van der Waals surface area contributed by atoms with Gasteiger partial charge in [-0.3, -0.25) is 4.98 Å². The monoisotopic (exact) mass is 265 g/mol. The molecule has 0 atom stereocenters. The number of aromatic nitrogens is 1. The summed E-state index contributed by atoms with van der Waals surface area (Å²) in [6, 6.07) is 3.60. The van der Waals surface area contributed by atoms with Gasteiger partial charge in [-0.1, -0.05) is 0 Å². The normalized spacial score (nSPS) is 17.2. The predicted octanol–water partition coefficient (Wildman–Crippen LogP) is 1.02. The van der Waals surface area contributed by atoms with Crippen molar-refractivity contribution in [3.63, 3.8) is 0 Å². The highest BCUT2D eigenvalue weighted by molar-refractivity contribution is 6.02. The minimum absolute atomic E-state index is 0.111. The second-order valence-corrected chi connectivity index (χ2v) is 4.09. The highest BCUT2D eigenvalue weighted by atomic mass is 16.7. The Kier molecular flexibility index (Phi) is 4.43. The van der Waals surface area contributed by atoms with E-state index in [0.29, 0.717) is 18.9 Å². The molecule has 1 aliphatic heterocycles. The van der Waals surface area contributed by atoms with E-state index >= 15 is 0 Å². The van der Waals surface area contributed by atoms with Crippen molar-refractivity contribution >= 4 is 11.8 Å². The first-order valence-electron chi connectivity index (χ1n) is 5.79. The predicted molar refractivity (Wildman–Crippen MR) is 66.8 cm³/mol. The molecule has 1 aromatic heterocycles. The molecule has 0 aliphatic carbocycles. The van der Waals surface area contributed by atoms with Crippen LogP contribution in [0.2, 0.25) is 0 Å². The zero-order chi connectivity index (χ0) is 13.7. The van der Waals surface area contributed by atoms with E-state index in [-0.39, 0.29) is 12.7 Å². The van der Waals surface area contributed by atoms with Gasteiger partial charge >= 0.3 is 6.09 Å². The zero-order valence-electron chi connectivity index (χ0n) is 10.5. The molecule has 102 valence electrons. The fourth-order valence-electron chi connectivity index (χ4n) is 1.74. The van der Waals surface area contributed by atoms with Gasteiger partial charge in [-0.15, -0.1) is 0 Å². The summed E-state index contributed by atoms with van der Waals surface area (Å²) in [6.07, 6.45) is 2.16. The molecule has 19 heavy (non-hydrogen) atoms. The van der Waals surface area contributed by atoms with Crippen LogP contribution in [0.25, 0.3) is 0 Å². The first-order chi connectivity index (χ1) is 9.18. The molecule has 1 amide bonds. The van der Waals surface area contributed by atoms with Crippen molar-refractivity contribution in [1.82, 2.24) is 9.99 Å². The van der Waals surface area contributed by atoms with E-state index in [1.807, 2.05) is 6.07 Å². The highest BCUT2D eigenvalue weighted by Crippen LogP contribution is 2.15. The van der Waals surface area contributed by atoms with E-state index in [1.165, 1.54) is 7.05 Å². The third-order valence-corrected chi connectivity index (χ3v) is 2.68. The van der Waals surface area contributed by atoms with Crippen molar-refractivity contribution < 1.29 is 19.4 Å². The van der Waals surface area contributed by atoms with Gasteiger partial charge in [-0.05, 0) is 12.1 Å². The van der Waals surface area contributed by atoms with Crippen molar-refractivity contribution in [2.75, 3.05) is 27.1 Å². The first kappa shape index (κ1) is 13.4. The van der Waals surface area contributed by atoms with Gasteiger partial charge in [0.25, 0.3) is 0 Å². The van der Waals surface area contributed by atoms with E-state index in [0.717, 1.165) is 10.6 Å². The maximum atomic E-state index is 10.9. The van der Waals surface area contributed by atoms with Crippen molar-refractivity contribution in [3.05, 3.63) is 30.1 Å². The zero-order valence-corrected chi connectivity index (χ0v) is 10.5. The van der Waals surface area contributed by atoms with Crippen LogP contribution in [-0.4, -0.2) is 54.0 Å². The second kappa shape index (κ2) is 6.26. The molecule has 1 fully saturated rings. The molecule has 1 saturated heterocycles. The maximum absolute atomic E-state index is 10.9. The molecule has 2 rings (SSSR count). The minimum Gasteiger partial charge on any atom is -0.464 e. The number of pyridine rings is 1. The summed E-state index contributed by atoms with van der Waals surface area (Å²) in [6.45, 7) is 1.15. The number of hydrogen-bond donors (Lipinski definition) is 1. The Hall–Kier alpha value is -1.99. The number of rotatable bonds is 3. The van der Waals surface area contributed by atoms with Gasteiger partial charge in [0.05, 0.1) is 24.8 Å². The molecule has 7 nitrogen and oxygen atoms in total. The minimum atomic E-state index is -1.13. The van der Waals surface area contributed by atoms with Crippen LogP contribution < -0.4 is 0 Å². The van der Waals surface area contributed by atoms with Crippen molar-refractivity contribution in [3.8, 4) is 0 Å². The van der Waals surface area contributed by atoms with E-state index in [4.69, 9.17) is 14.6 Å². The molecular formula is C12H15N3O4. The lowest BCUT2D eigenvalue weighted by molar-refractivity contribution is -0.111. The molecular weight excluding hydrogens is 250 g/mol. The van der Waals surface area contributed by atoms with Crippen LogP contribution >= 0.6 is 0 Å². The Morgan fingerprint density at radius 2 is 2.26 bits per heavy atom. The Labute approximate surface area is 110 Å². The van der Waals surface area contributed by atoms with Crippen LogP contribution in [0.1, 0.15) is 5.56 Å². The standard InChI is InChI=1S/C12H15N3O4/c1-15(12(16)17)14-11(9-3-2-4-13-5-9)10-6-18-8-19-7-10/h2-5,10H,6-8H2,1H3,(H,16,17). The topological polar surface area (TPSA) is 84.3 Å². The third-order valence-electron chi connectivity index (χ3n) is 2.68. The molecule has 1 aliphatic rings. The quantitative estimate of drug-likeness (QED) is 0.651. The van der Waals surface area contributed by atoms with E-state index in [1.54, 1.807) is 18.5 Å². The number of amides is 1. The molecule has 0 saturated carbocycles. The summed E-state index contributed by atoms with van der Waals surface area (Å²) >= 11 is 0. The van der Waals surface area contributed by atoms with E-state index < -0.39 is 6.09 Å². The SMILES string of the molecule is CN(N=C(c1cccnc1)C1COCOC1)C(=O)O. The lowest BCUT2D eigenvalue weighted by Crippen LogP contribution is -2.33. The Bertz CT molecular complexity index is 457. The van der Waals surface area contributed by atoms with Crippen molar-refractivity contribution in [2.45, 2.75) is 0 Å². The van der Waals surface area contributed by atoms with Crippen LogP contribution in [0.5, 0.6) is 0 Å². The lowest BCUT2D eigenvalue weighted by Gasteiger charge is -2.24. The molecule has 1 N–H and O–H groups in total. The van der Waals surface area contributed by atoms with Crippen LogP contribution in [0.4, 0.5) is 4.79 Å². The van der Waals surface area contributed by atoms with Crippen LogP contribution in [0.3, 0.4) is 0 Å². The second-order valence-electron chi connectivity index (χ2n) is 4.09. The fraction of sp³-hybridized carbons (Fsp3) is 0.417. The van der Waals surface area contributed by atoms with Crippen molar-refractivity contribution in [2.24, 2.45) is 11.0 Å². The first-order valence-corrected chi connectivity index (χ1v) is 5.79. The molecule has 0 unspecified atom stereocenters. The van der Waals surface area contributed by atoms with E-state index in [2.05, 4.69) is 10.1 Å². The molecule has 2 heterocycles. The fourth-order valence-corrected chi connectivity index (χ4v) is 1.74. The van der Waals surface area contributed by atoms with Crippen LogP contribution in [0, 0.1) is 5.92 Å². The molecule has 0 aromatic carbocycles. The summed E-state index contributed by atoms with van der Waals surface area (Å²) in [4.78, 5) is 14.9. The van der Waals surface area contributed by atoms with E-state index in [9.17, 15) is 4.79 Å². The van der Waals surface area contributed by atoms with Gasteiger partial charge in [0.15, 0.2) is 0 Å². The molecule has 0 spiro atoms. The summed E-state index contributed by atoms with van der Waals surface area (Å²) < 4.78 is 10.5. The number of hydrogen-bond acceptors (Lipinski definition) is 5. The Morgan fingerprint density at radius 3 is 2.84 bits per heavy atom. The smallest absolute Gasteiger partial charge is 0.427 e. The summed E-state index contributed by atoms with van der Waals surface area (Å²) in [5.41, 5.74) is 1.35. The summed E-state index contributed by atoms with van der Waals surface area (Å²) in [5.74, 6) is -0.111.